The minimum Gasteiger partial charge on any atom is -0.497 e. The van der Waals surface area contributed by atoms with E-state index in [2.05, 4.69) is 20.0 Å². The van der Waals surface area contributed by atoms with Crippen molar-refractivity contribution in [2.45, 2.75) is 0 Å². The topological polar surface area (TPSA) is 91.3 Å². The highest BCUT2D eigenvalue weighted by Crippen LogP contribution is 2.23. The summed E-state index contributed by atoms with van der Waals surface area (Å²) in [5.74, 6) is 0.543. The van der Waals surface area contributed by atoms with Crippen molar-refractivity contribution in [3.63, 3.8) is 0 Å². The number of carbonyl (C=O) groups excluding carboxylic acids is 2. The highest BCUT2D eigenvalue weighted by Gasteiger charge is 2.27. The fourth-order valence-electron chi connectivity index (χ4n) is 5.02. The summed E-state index contributed by atoms with van der Waals surface area (Å²) >= 11 is 0. The molecule has 2 saturated heterocycles. The second-order valence-electron chi connectivity index (χ2n) is 10.1. The van der Waals surface area contributed by atoms with Crippen molar-refractivity contribution in [2.24, 2.45) is 0 Å². The third-order valence-corrected chi connectivity index (χ3v) is 7.45. The summed E-state index contributed by atoms with van der Waals surface area (Å²) < 4.78 is 24.6. The molecule has 10 nitrogen and oxygen atoms in total. The molecule has 11 heteroatoms. The lowest BCUT2D eigenvalue weighted by atomic mass is 10.1. The van der Waals surface area contributed by atoms with Crippen LogP contribution in [-0.2, 0) is 9.53 Å². The van der Waals surface area contributed by atoms with Gasteiger partial charge in [0, 0.05) is 63.5 Å². The lowest BCUT2D eigenvalue weighted by Crippen LogP contribution is -2.53. The van der Waals surface area contributed by atoms with Crippen LogP contribution < -0.4 is 9.64 Å². The molecule has 3 aromatic rings. The van der Waals surface area contributed by atoms with Gasteiger partial charge in [-0.1, -0.05) is 18.2 Å². The molecular formula is C30H35FN6O4. The zero-order valence-electron chi connectivity index (χ0n) is 23.2. The van der Waals surface area contributed by atoms with Crippen molar-refractivity contribution in [3.8, 4) is 17.0 Å². The normalized spacial score (nSPS) is 16.0. The number of morpholine rings is 1. The van der Waals surface area contributed by atoms with Crippen LogP contribution in [0.4, 0.5) is 10.2 Å². The Labute approximate surface area is 239 Å². The summed E-state index contributed by atoms with van der Waals surface area (Å²) in [5.41, 5.74) is 1.91. The van der Waals surface area contributed by atoms with Crippen LogP contribution in [0.1, 0.15) is 10.4 Å². The highest BCUT2D eigenvalue weighted by molar-refractivity contribution is 5.96. The summed E-state index contributed by atoms with van der Waals surface area (Å²) in [6, 6.07) is 17.1. The molecule has 2 aliphatic rings. The molecule has 2 amide bonds. The summed E-state index contributed by atoms with van der Waals surface area (Å²) in [7, 11) is 1.63. The van der Waals surface area contributed by atoms with Crippen LogP contribution in [0.25, 0.3) is 11.3 Å². The summed E-state index contributed by atoms with van der Waals surface area (Å²) in [6.45, 7) is 6.00. The van der Waals surface area contributed by atoms with Gasteiger partial charge in [0.05, 0.1) is 26.0 Å². The number of amides is 2. The second kappa shape index (κ2) is 13.5. The molecule has 0 aliphatic carbocycles. The monoisotopic (exact) mass is 562 g/mol. The number of halogens is 1. The van der Waals surface area contributed by atoms with Crippen LogP contribution in [0.15, 0.2) is 60.7 Å². The number of nitrogens with zero attached hydrogens (tertiary/aromatic N) is 6. The molecule has 3 heterocycles. The molecule has 0 radical (unpaired) electrons. The quantitative estimate of drug-likeness (QED) is 0.393. The predicted molar refractivity (Wildman–Crippen MR) is 152 cm³/mol. The van der Waals surface area contributed by atoms with Gasteiger partial charge in [0.15, 0.2) is 5.82 Å². The van der Waals surface area contributed by atoms with E-state index in [1.54, 1.807) is 18.1 Å². The minimum absolute atomic E-state index is 0.0608. The SMILES string of the molecule is COc1cccc(-c2ccc(N3CCN(C(=O)CN(CCN4CCOCC4)C(=O)c4cccc(F)c4)CC3)nn2)c1. The third kappa shape index (κ3) is 7.36. The van der Waals surface area contributed by atoms with Crippen LogP contribution >= 0.6 is 0 Å². The zero-order valence-corrected chi connectivity index (χ0v) is 23.2. The number of hydrogen-bond donors (Lipinski definition) is 0. The number of anilines is 1. The van der Waals surface area contributed by atoms with E-state index >= 15 is 0 Å². The van der Waals surface area contributed by atoms with E-state index in [4.69, 9.17) is 9.47 Å². The molecular weight excluding hydrogens is 527 g/mol. The third-order valence-electron chi connectivity index (χ3n) is 7.45. The molecule has 5 rings (SSSR count). The van der Waals surface area contributed by atoms with Crippen molar-refractivity contribution >= 4 is 17.6 Å². The molecule has 2 fully saturated rings. The van der Waals surface area contributed by atoms with Gasteiger partial charge < -0.3 is 24.2 Å². The molecule has 41 heavy (non-hydrogen) atoms. The number of aromatic nitrogens is 2. The Hall–Kier alpha value is -4.09. The van der Waals surface area contributed by atoms with E-state index in [0.717, 1.165) is 35.9 Å². The van der Waals surface area contributed by atoms with Crippen molar-refractivity contribution < 1.29 is 23.5 Å². The average molecular weight is 563 g/mol. The Balaban J connectivity index is 1.18. The van der Waals surface area contributed by atoms with Crippen LogP contribution in [0.5, 0.6) is 5.75 Å². The van der Waals surface area contributed by atoms with E-state index in [0.29, 0.717) is 52.5 Å². The van der Waals surface area contributed by atoms with E-state index in [1.807, 2.05) is 36.4 Å². The molecule has 0 bridgehead atoms. The van der Waals surface area contributed by atoms with E-state index < -0.39 is 5.82 Å². The largest absolute Gasteiger partial charge is 0.497 e. The first-order valence-electron chi connectivity index (χ1n) is 13.9. The maximum Gasteiger partial charge on any atom is 0.254 e. The number of carbonyl (C=O) groups is 2. The Morgan fingerprint density at radius 2 is 1.73 bits per heavy atom. The fraction of sp³-hybridized carbons (Fsp3) is 0.400. The Bertz CT molecular complexity index is 1330. The number of rotatable bonds is 9. The van der Waals surface area contributed by atoms with Gasteiger partial charge in [-0.05, 0) is 42.5 Å². The fourth-order valence-corrected chi connectivity index (χ4v) is 5.02. The van der Waals surface area contributed by atoms with Gasteiger partial charge >= 0.3 is 0 Å². The summed E-state index contributed by atoms with van der Waals surface area (Å²) in [5, 5.41) is 8.82. The van der Waals surface area contributed by atoms with Crippen LogP contribution in [-0.4, -0.2) is 116 Å². The Morgan fingerprint density at radius 1 is 0.951 bits per heavy atom. The maximum atomic E-state index is 13.8. The smallest absolute Gasteiger partial charge is 0.254 e. The number of methoxy groups -OCH3 is 1. The molecule has 0 unspecified atom stereocenters. The van der Waals surface area contributed by atoms with Crippen LogP contribution in [0.2, 0.25) is 0 Å². The zero-order chi connectivity index (χ0) is 28.6. The lowest BCUT2D eigenvalue weighted by Gasteiger charge is -2.36. The predicted octanol–water partition coefficient (Wildman–Crippen LogP) is 2.41. The first kappa shape index (κ1) is 28.4. The van der Waals surface area contributed by atoms with Crippen molar-refractivity contribution in [3.05, 3.63) is 72.0 Å². The van der Waals surface area contributed by atoms with Gasteiger partial charge in [0.25, 0.3) is 5.91 Å². The molecule has 0 spiro atoms. The van der Waals surface area contributed by atoms with Crippen molar-refractivity contribution in [1.29, 1.82) is 0 Å². The maximum absolute atomic E-state index is 13.8. The van der Waals surface area contributed by atoms with Gasteiger partial charge in [-0.25, -0.2) is 4.39 Å². The molecule has 2 aromatic carbocycles. The molecule has 0 atom stereocenters. The Morgan fingerprint density at radius 3 is 2.44 bits per heavy atom. The Kier molecular flexibility index (Phi) is 9.37. The first-order chi connectivity index (χ1) is 20.0. The van der Waals surface area contributed by atoms with E-state index in [9.17, 15) is 14.0 Å². The van der Waals surface area contributed by atoms with E-state index in [1.165, 1.54) is 23.1 Å². The van der Waals surface area contributed by atoms with Gasteiger partial charge in [0.1, 0.15) is 18.1 Å². The minimum atomic E-state index is -0.481. The second-order valence-corrected chi connectivity index (χ2v) is 10.1. The van der Waals surface area contributed by atoms with Gasteiger partial charge in [-0.3, -0.25) is 14.5 Å². The van der Waals surface area contributed by atoms with Gasteiger partial charge in [0.2, 0.25) is 5.91 Å². The molecule has 2 aliphatic heterocycles. The summed E-state index contributed by atoms with van der Waals surface area (Å²) in [6.07, 6.45) is 0. The van der Waals surface area contributed by atoms with Crippen molar-refractivity contribution in [2.75, 3.05) is 84.1 Å². The highest BCUT2D eigenvalue weighted by atomic mass is 19.1. The summed E-state index contributed by atoms with van der Waals surface area (Å²) in [4.78, 5) is 34.2. The lowest BCUT2D eigenvalue weighted by molar-refractivity contribution is -0.132. The molecule has 0 saturated carbocycles. The van der Waals surface area contributed by atoms with Crippen LogP contribution in [0, 0.1) is 5.82 Å². The number of piperazine rings is 1. The van der Waals surface area contributed by atoms with E-state index in [-0.39, 0.29) is 23.9 Å². The number of ether oxygens (including phenoxy) is 2. The number of benzene rings is 2. The molecule has 216 valence electrons. The van der Waals surface area contributed by atoms with Gasteiger partial charge in [-0.15, -0.1) is 10.2 Å². The standard InChI is InChI=1S/C30H35FN6O4/c1-40-26-7-3-4-23(21-26)27-8-9-28(33-32-27)35-12-14-36(15-13-35)29(38)22-37(11-10-34-16-18-41-19-17-34)30(39)24-5-2-6-25(31)20-24/h2-9,20-21H,10-19,22H2,1H3. The molecule has 1 aromatic heterocycles. The molecule has 0 N–H and O–H groups in total. The van der Waals surface area contributed by atoms with Gasteiger partial charge in [-0.2, -0.15) is 0 Å². The number of hydrogen-bond acceptors (Lipinski definition) is 8. The van der Waals surface area contributed by atoms with Crippen molar-refractivity contribution in [1.82, 2.24) is 24.9 Å². The average Bonchev–Trinajstić information content (AvgIpc) is 3.03. The van der Waals surface area contributed by atoms with Crippen LogP contribution in [0.3, 0.4) is 0 Å². The first-order valence-corrected chi connectivity index (χ1v) is 13.9.